The molecule has 130 valence electrons. The third-order valence-corrected chi connectivity index (χ3v) is 4.92. The van der Waals surface area contributed by atoms with Crippen LogP contribution in [0, 0.1) is 13.8 Å². The van der Waals surface area contributed by atoms with Crippen LogP contribution in [0.4, 0.5) is 0 Å². The van der Waals surface area contributed by atoms with Gasteiger partial charge in [0, 0.05) is 16.4 Å². The average Bonchev–Trinajstić information content (AvgIpc) is 2.96. The molecule has 1 amide bonds. The maximum atomic E-state index is 12.2. The molecule has 0 spiro atoms. The van der Waals surface area contributed by atoms with Crippen molar-refractivity contribution in [1.29, 1.82) is 0 Å². The summed E-state index contributed by atoms with van der Waals surface area (Å²) in [6.07, 6.45) is 0. The average molecular weight is 376 g/mol. The van der Waals surface area contributed by atoms with E-state index in [2.05, 4.69) is 20.5 Å². The predicted octanol–water partition coefficient (Wildman–Crippen LogP) is 3.36. The highest BCUT2D eigenvalue weighted by molar-refractivity contribution is 7.99. The van der Waals surface area contributed by atoms with Gasteiger partial charge in [0.2, 0.25) is 5.91 Å². The first kappa shape index (κ1) is 17.7. The maximum absolute atomic E-state index is 12.2. The molecule has 0 aliphatic heterocycles. The molecule has 0 saturated carbocycles. The van der Waals surface area contributed by atoms with Crippen LogP contribution in [0.25, 0.3) is 5.78 Å². The standard InChI is InChI=1S/C17H18ClN5OS/c1-10-8-11(2)23-16(19-10)21-22-17(23)25-9-15(24)20-12(3)13-4-6-14(18)7-5-13/h4-8,12H,9H2,1-3H3,(H,20,24)/t12-/m1/s1. The summed E-state index contributed by atoms with van der Waals surface area (Å²) in [7, 11) is 0. The van der Waals surface area contributed by atoms with Crippen LogP contribution in [0.3, 0.4) is 0 Å². The molecule has 0 aliphatic carbocycles. The second kappa shape index (κ2) is 7.41. The number of nitrogens with zero attached hydrogens (tertiary/aromatic N) is 4. The third kappa shape index (κ3) is 4.11. The molecule has 2 aromatic heterocycles. The molecular weight excluding hydrogens is 358 g/mol. The van der Waals surface area contributed by atoms with E-state index in [1.165, 1.54) is 11.8 Å². The highest BCUT2D eigenvalue weighted by atomic mass is 35.5. The molecule has 1 atom stereocenters. The maximum Gasteiger partial charge on any atom is 0.256 e. The van der Waals surface area contributed by atoms with Crippen molar-refractivity contribution < 1.29 is 4.79 Å². The van der Waals surface area contributed by atoms with Crippen molar-refractivity contribution in [2.75, 3.05) is 5.75 Å². The van der Waals surface area contributed by atoms with Gasteiger partial charge in [0.1, 0.15) is 0 Å². The van der Waals surface area contributed by atoms with Crippen molar-refractivity contribution in [2.45, 2.75) is 32.0 Å². The number of aromatic nitrogens is 4. The quantitative estimate of drug-likeness (QED) is 0.692. The van der Waals surface area contributed by atoms with Gasteiger partial charge in [0.25, 0.3) is 5.78 Å². The first-order valence-corrected chi connectivity index (χ1v) is 9.17. The number of hydrogen-bond acceptors (Lipinski definition) is 5. The van der Waals surface area contributed by atoms with Crippen molar-refractivity contribution in [3.05, 3.63) is 52.3 Å². The Morgan fingerprint density at radius 1 is 1.28 bits per heavy atom. The first-order chi connectivity index (χ1) is 11.9. The molecule has 0 fully saturated rings. The summed E-state index contributed by atoms with van der Waals surface area (Å²) in [6.45, 7) is 5.83. The molecule has 1 N–H and O–H groups in total. The van der Waals surface area contributed by atoms with Gasteiger partial charge in [-0.1, -0.05) is 35.5 Å². The topological polar surface area (TPSA) is 72.2 Å². The predicted molar refractivity (Wildman–Crippen MR) is 99.0 cm³/mol. The van der Waals surface area contributed by atoms with Crippen LogP contribution in [0.2, 0.25) is 5.02 Å². The minimum atomic E-state index is -0.0911. The monoisotopic (exact) mass is 375 g/mol. The van der Waals surface area contributed by atoms with E-state index in [0.717, 1.165) is 17.0 Å². The molecule has 25 heavy (non-hydrogen) atoms. The van der Waals surface area contributed by atoms with Crippen molar-refractivity contribution in [3.63, 3.8) is 0 Å². The summed E-state index contributed by atoms with van der Waals surface area (Å²) < 4.78 is 1.85. The Kier molecular flexibility index (Phi) is 5.24. The second-order valence-electron chi connectivity index (χ2n) is 5.79. The van der Waals surface area contributed by atoms with E-state index in [9.17, 15) is 4.79 Å². The summed E-state index contributed by atoms with van der Waals surface area (Å²) in [4.78, 5) is 16.6. The van der Waals surface area contributed by atoms with Gasteiger partial charge in [0.15, 0.2) is 5.16 Å². The lowest BCUT2D eigenvalue weighted by atomic mass is 10.1. The Morgan fingerprint density at radius 3 is 2.72 bits per heavy atom. The molecule has 1 aromatic carbocycles. The number of hydrogen-bond donors (Lipinski definition) is 1. The first-order valence-electron chi connectivity index (χ1n) is 7.81. The number of halogens is 1. The van der Waals surface area contributed by atoms with Crippen LogP contribution in [-0.2, 0) is 4.79 Å². The van der Waals surface area contributed by atoms with Gasteiger partial charge < -0.3 is 5.32 Å². The van der Waals surface area contributed by atoms with Crippen LogP contribution >= 0.6 is 23.4 Å². The molecule has 2 heterocycles. The molecule has 0 radical (unpaired) electrons. The Hall–Kier alpha value is -2.12. The number of carbonyl (C=O) groups is 1. The molecule has 0 aliphatic rings. The van der Waals surface area contributed by atoms with E-state index in [0.29, 0.717) is 16.0 Å². The van der Waals surface area contributed by atoms with E-state index in [-0.39, 0.29) is 17.7 Å². The molecule has 3 aromatic rings. The number of carbonyl (C=O) groups excluding carboxylic acids is 1. The smallest absolute Gasteiger partial charge is 0.256 e. The second-order valence-corrected chi connectivity index (χ2v) is 7.17. The summed E-state index contributed by atoms with van der Waals surface area (Å²) in [5, 5.41) is 12.5. The summed E-state index contributed by atoms with van der Waals surface area (Å²) >= 11 is 7.23. The summed E-state index contributed by atoms with van der Waals surface area (Å²) in [6, 6.07) is 9.31. The fraction of sp³-hybridized carbons (Fsp3) is 0.294. The third-order valence-electron chi connectivity index (χ3n) is 3.74. The largest absolute Gasteiger partial charge is 0.349 e. The van der Waals surface area contributed by atoms with Gasteiger partial charge in [-0.05, 0) is 44.5 Å². The number of amides is 1. The van der Waals surface area contributed by atoms with E-state index in [1.807, 2.05) is 55.5 Å². The Labute approximate surface area is 155 Å². The fourth-order valence-electron chi connectivity index (χ4n) is 2.54. The lowest BCUT2D eigenvalue weighted by molar-refractivity contribution is -0.119. The van der Waals surface area contributed by atoms with Crippen molar-refractivity contribution >= 4 is 35.0 Å². The van der Waals surface area contributed by atoms with Crippen LogP contribution in [0.15, 0.2) is 35.5 Å². The molecule has 3 rings (SSSR count). The van der Waals surface area contributed by atoms with Gasteiger partial charge in [-0.15, -0.1) is 10.2 Å². The van der Waals surface area contributed by atoms with Crippen LogP contribution < -0.4 is 5.32 Å². The molecule has 0 bridgehead atoms. The van der Waals surface area contributed by atoms with Gasteiger partial charge in [-0.3, -0.25) is 9.20 Å². The van der Waals surface area contributed by atoms with E-state index < -0.39 is 0 Å². The number of rotatable bonds is 5. The number of thioether (sulfide) groups is 1. The van der Waals surface area contributed by atoms with Crippen LogP contribution in [0.1, 0.15) is 29.9 Å². The highest BCUT2D eigenvalue weighted by Gasteiger charge is 2.14. The minimum Gasteiger partial charge on any atom is -0.349 e. The van der Waals surface area contributed by atoms with Gasteiger partial charge >= 0.3 is 0 Å². The number of aryl methyl sites for hydroxylation is 2. The lowest BCUT2D eigenvalue weighted by Gasteiger charge is -2.14. The highest BCUT2D eigenvalue weighted by Crippen LogP contribution is 2.20. The molecular formula is C17H18ClN5OS. The Morgan fingerprint density at radius 2 is 2.00 bits per heavy atom. The molecule has 6 nitrogen and oxygen atoms in total. The van der Waals surface area contributed by atoms with Gasteiger partial charge in [0.05, 0.1) is 11.8 Å². The van der Waals surface area contributed by atoms with E-state index in [4.69, 9.17) is 11.6 Å². The molecule has 0 unspecified atom stereocenters. The van der Waals surface area contributed by atoms with E-state index >= 15 is 0 Å². The van der Waals surface area contributed by atoms with Crippen molar-refractivity contribution in [1.82, 2.24) is 24.9 Å². The normalized spacial score (nSPS) is 12.3. The minimum absolute atomic E-state index is 0.0677. The van der Waals surface area contributed by atoms with E-state index in [1.54, 1.807) is 0 Å². The zero-order chi connectivity index (χ0) is 18.0. The van der Waals surface area contributed by atoms with Crippen LogP contribution in [0.5, 0.6) is 0 Å². The van der Waals surface area contributed by atoms with Gasteiger partial charge in [-0.25, -0.2) is 4.98 Å². The molecule has 8 heteroatoms. The van der Waals surface area contributed by atoms with Gasteiger partial charge in [-0.2, -0.15) is 0 Å². The zero-order valence-corrected chi connectivity index (χ0v) is 15.7. The lowest BCUT2D eigenvalue weighted by Crippen LogP contribution is -2.28. The Bertz CT molecular complexity index is 909. The SMILES string of the molecule is Cc1cc(C)n2c(SCC(=O)N[C@H](C)c3ccc(Cl)cc3)nnc2n1. The zero-order valence-electron chi connectivity index (χ0n) is 14.2. The summed E-state index contributed by atoms with van der Waals surface area (Å²) in [5.74, 6) is 0.739. The number of benzene rings is 1. The number of nitrogens with one attached hydrogen (secondary N) is 1. The van der Waals surface area contributed by atoms with Crippen LogP contribution in [-0.4, -0.2) is 31.2 Å². The van der Waals surface area contributed by atoms with Crippen molar-refractivity contribution in [3.8, 4) is 0 Å². The Balaban J connectivity index is 1.63. The molecule has 0 saturated heterocycles. The summed E-state index contributed by atoms with van der Waals surface area (Å²) in [5.41, 5.74) is 2.89. The number of fused-ring (bicyclic) bond motifs is 1. The fourth-order valence-corrected chi connectivity index (χ4v) is 3.46. The van der Waals surface area contributed by atoms with Crippen molar-refractivity contribution in [2.24, 2.45) is 0 Å².